The Morgan fingerprint density at radius 1 is 1.12 bits per heavy atom. The molecule has 0 atom stereocenters. The van der Waals surface area contributed by atoms with Crippen molar-refractivity contribution in [3.05, 3.63) is 59.2 Å². The Labute approximate surface area is 154 Å². The van der Waals surface area contributed by atoms with E-state index in [1.54, 1.807) is 25.1 Å². The highest BCUT2D eigenvalue weighted by Gasteiger charge is 2.10. The number of anilines is 1. The van der Waals surface area contributed by atoms with Gasteiger partial charge >= 0.3 is 0 Å². The standard InChI is InChI=1S/C19H24N2O4S/c1-13(2)25-17-8-5-15(6-9-17)12-20-19(22)16-7-10-18(14(3)11-16)21-26(4,23)24/h5-11,13,21H,12H2,1-4H3,(H,20,22). The molecule has 0 aliphatic rings. The number of rotatable bonds is 7. The molecule has 0 spiro atoms. The van der Waals surface area contributed by atoms with Gasteiger partial charge in [-0.1, -0.05) is 12.1 Å². The van der Waals surface area contributed by atoms with Crippen LogP contribution in [0.2, 0.25) is 0 Å². The van der Waals surface area contributed by atoms with Gasteiger partial charge in [-0.05, 0) is 62.2 Å². The molecule has 0 aliphatic carbocycles. The molecule has 140 valence electrons. The fourth-order valence-electron chi connectivity index (χ4n) is 2.36. The predicted molar refractivity (Wildman–Crippen MR) is 103 cm³/mol. The second-order valence-electron chi connectivity index (χ2n) is 6.40. The van der Waals surface area contributed by atoms with Gasteiger partial charge in [0.15, 0.2) is 0 Å². The number of aryl methyl sites for hydroxylation is 1. The van der Waals surface area contributed by atoms with E-state index in [-0.39, 0.29) is 12.0 Å². The summed E-state index contributed by atoms with van der Waals surface area (Å²) in [5.41, 5.74) is 2.57. The van der Waals surface area contributed by atoms with E-state index in [0.29, 0.717) is 23.4 Å². The number of ether oxygens (including phenoxy) is 1. The summed E-state index contributed by atoms with van der Waals surface area (Å²) < 4.78 is 30.6. The van der Waals surface area contributed by atoms with Crippen LogP contribution in [0.4, 0.5) is 5.69 Å². The van der Waals surface area contributed by atoms with Crippen LogP contribution in [0.15, 0.2) is 42.5 Å². The minimum Gasteiger partial charge on any atom is -0.491 e. The first-order chi connectivity index (χ1) is 12.1. The Morgan fingerprint density at radius 3 is 2.31 bits per heavy atom. The minimum absolute atomic E-state index is 0.115. The van der Waals surface area contributed by atoms with E-state index in [4.69, 9.17) is 4.74 Å². The smallest absolute Gasteiger partial charge is 0.251 e. The van der Waals surface area contributed by atoms with Gasteiger partial charge in [-0.2, -0.15) is 0 Å². The summed E-state index contributed by atoms with van der Waals surface area (Å²) in [5.74, 6) is 0.571. The molecular formula is C19H24N2O4S. The van der Waals surface area contributed by atoms with Gasteiger partial charge in [0.25, 0.3) is 5.91 Å². The molecule has 0 radical (unpaired) electrons. The molecule has 0 bridgehead atoms. The van der Waals surface area contributed by atoms with Gasteiger partial charge in [0.05, 0.1) is 18.0 Å². The number of benzene rings is 2. The van der Waals surface area contributed by atoms with Crippen molar-refractivity contribution < 1.29 is 17.9 Å². The fourth-order valence-corrected chi connectivity index (χ4v) is 2.99. The number of sulfonamides is 1. The molecule has 7 heteroatoms. The van der Waals surface area contributed by atoms with Crippen molar-refractivity contribution in [3.63, 3.8) is 0 Å². The Bertz CT molecular complexity index is 875. The number of hydrogen-bond donors (Lipinski definition) is 2. The molecule has 0 unspecified atom stereocenters. The third kappa shape index (κ3) is 6.07. The number of carbonyl (C=O) groups excluding carboxylic acids is 1. The third-order valence-corrected chi connectivity index (χ3v) is 4.12. The normalized spacial score (nSPS) is 11.3. The lowest BCUT2D eigenvalue weighted by atomic mass is 10.1. The van der Waals surface area contributed by atoms with Crippen molar-refractivity contribution in [2.24, 2.45) is 0 Å². The lowest BCUT2D eigenvalue weighted by Crippen LogP contribution is -2.23. The van der Waals surface area contributed by atoms with Crippen molar-refractivity contribution in [3.8, 4) is 5.75 Å². The summed E-state index contributed by atoms with van der Waals surface area (Å²) in [6.45, 7) is 6.07. The Kier molecular flexibility index (Phi) is 6.26. The first kappa shape index (κ1) is 19.8. The maximum Gasteiger partial charge on any atom is 0.251 e. The maximum atomic E-state index is 12.3. The molecule has 2 aromatic carbocycles. The molecule has 0 aromatic heterocycles. The van der Waals surface area contributed by atoms with Crippen LogP contribution in [-0.4, -0.2) is 26.7 Å². The quantitative estimate of drug-likeness (QED) is 0.778. The molecule has 0 heterocycles. The molecule has 0 fully saturated rings. The molecule has 0 saturated heterocycles. The molecule has 2 N–H and O–H groups in total. The van der Waals surface area contributed by atoms with Crippen LogP contribution < -0.4 is 14.8 Å². The summed E-state index contributed by atoms with van der Waals surface area (Å²) in [4.78, 5) is 12.3. The molecule has 0 aliphatic heterocycles. The van der Waals surface area contributed by atoms with Crippen molar-refractivity contribution in [2.75, 3.05) is 11.0 Å². The molecule has 2 aromatic rings. The first-order valence-corrected chi connectivity index (χ1v) is 10.2. The van der Waals surface area contributed by atoms with Gasteiger partial charge in [-0.15, -0.1) is 0 Å². The summed E-state index contributed by atoms with van der Waals surface area (Å²) in [5, 5.41) is 2.85. The Morgan fingerprint density at radius 2 is 1.77 bits per heavy atom. The maximum absolute atomic E-state index is 12.3. The topological polar surface area (TPSA) is 84.5 Å². The van der Waals surface area contributed by atoms with Crippen LogP contribution in [0, 0.1) is 6.92 Å². The van der Waals surface area contributed by atoms with E-state index in [0.717, 1.165) is 17.6 Å². The zero-order valence-corrected chi connectivity index (χ0v) is 16.2. The van der Waals surface area contributed by atoms with Crippen molar-refractivity contribution in [1.29, 1.82) is 0 Å². The number of carbonyl (C=O) groups is 1. The highest BCUT2D eigenvalue weighted by Crippen LogP contribution is 2.18. The average Bonchev–Trinajstić information content (AvgIpc) is 2.54. The largest absolute Gasteiger partial charge is 0.491 e. The number of amides is 1. The van der Waals surface area contributed by atoms with Gasteiger partial charge in [0.2, 0.25) is 10.0 Å². The fraction of sp³-hybridized carbons (Fsp3) is 0.316. The molecular weight excluding hydrogens is 352 g/mol. The first-order valence-electron chi connectivity index (χ1n) is 8.26. The van der Waals surface area contributed by atoms with E-state index < -0.39 is 10.0 Å². The van der Waals surface area contributed by atoms with E-state index in [2.05, 4.69) is 10.0 Å². The van der Waals surface area contributed by atoms with Gasteiger partial charge in [-0.3, -0.25) is 9.52 Å². The Hall–Kier alpha value is -2.54. The highest BCUT2D eigenvalue weighted by atomic mass is 32.2. The summed E-state index contributed by atoms with van der Waals surface area (Å²) in [6, 6.07) is 12.4. The van der Waals surface area contributed by atoms with Gasteiger partial charge in [-0.25, -0.2) is 8.42 Å². The SMILES string of the molecule is Cc1cc(C(=O)NCc2ccc(OC(C)C)cc2)ccc1NS(C)(=O)=O. The zero-order chi connectivity index (χ0) is 19.3. The van der Waals surface area contributed by atoms with Crippen LogP contribution in [-0.2, 0) is 16.6 Å². The minimum atomic E-state index is -3.35. The van der Waals surface area contributed by atoms with Crippen molar-refractivity contribution in [1.82, 2.24) is 5.32 Å². The monoisotopic (exact) mass is 376 g/mol. The number of nitrogens with one attached hydrogen (secondary N) is 2. The molecule has 0 saturated carbocycles. The summed E-state index contributed by atoms with van der Waals surface area (Å²) in [7, 11) is -3.35. The van der Waals surface area contributed by atoms with E-state index in [9.17, 15) is 13.2 Å². The second kappa shape index (κ2) is 8.23. The lowest BCUT2D eigenvalue weighted by molar-refractivity contribution is 0.0951. The third-order valence-electron chi connectivity index (χ3n) is 3.53. The van der Waals surface area contributed by atoms with Crippen molar-refractivity contribution in [2.45, 2.75) is 33.4 Å². The van der Waals surface area contributed by atoms with Crippen LogP contribution in [0.25, 0.3) is 0 Å². The van der Waals surface area contributed by atoms with Crippen molar-refractivity contribution >= 4 is 21.6 Å². The van der Waals surface area contributed by atoms with Crippen LogP contribution in [0.3, 0.4) is 0 Å². The van der Waals surface area contributed by atoms with Gasteiger partial charge in [0, 0.05) is 12.1 Å². The van der Waals surface area contributed by atoms with Gasteiger partial charge < -0.3 is 10.1 Å². The van der Waals surface area contributed by atoms with Crippen LogP contribution in [0.5, 0.6) is 5.75 Å². The molecule has 6 nitrogen and oxygen atoms in total. The lowest BCUT2D eigenvalue weighted by Gasteiger charge is -2.11. The highest BCUT2D eigenvalue weighted by molar-refractivity contribution is 7.92. The van der Waals surface area contributed by atoms with Crippen LogP contribution in [0.1, 0.15) is 35.3 Å². The van der Waals surface area contributed by atoms with Gasteiger partial charge in [0.1, 0.15) is 5.75 Å². The Balaban J connectivity index is 1.98. The summed E-state index contributed by atoms with van der Waals surface area (Å²) in [6.07, 6.45) is 1.20. The van der Waals surface area contributed by atoms with Crippen LogP contribution >= 0.6 is 0 Å². The van der Waals surface area contributed by atoms with E-state index in [1.165, 1.54) is 0 Å². The average molecular weight is 376 g/mol. The van der Waals surface area contributed by atoms with E-state index in [1.807, 2.05) is 38.1 Å². The second-order valence-corrected chi connectivity index (χ2v) is 8.15. The van der Waals surface area contributed by atoms with E-state index >= 15 is 0 Å². The zero-order valence-electron chi connectivity index (χ0n) is 15.4. The predicted octanol–water partition coefficient (Wildman–Crippen LogP) is 3.08. The molecule has 2 rings (SSSR count). The molecule has 26 heavy (non-hydrogen) atoms. The molecule has 1 amide bonds. The number of hydrogen-bond acceptors (Lipinski definition) is 4. The summed E-state index contributed by atoms with van der Waals surface area (Å²) >= 11 is 0.